The molecule has 3 heterocycles. The smallest absolute Gasteiger partial charge is 0.229 e. The number of carbonyl (C=O) groups is 1. The topological polar surface area (TPSA) is 71.8 Å². The average Bonchev–Trinajstić information content (AvgIpc) is 3.00. The van der Waals surface area contributed by atoms with Gasteiger partial charge in [0.2, 0.25) is 5.91 Å². The molecule has 0 radical (unpaired) electrons. The molecule has 4 rings (SSSR count). The zero-order valence-corrected chi connectivity index (χ0v) is 15.1. The fourth-order valence-electron chi connectivity index (χ4n) is 3.44. The van der Waals surface area contributed by atoms with Gasteiger partial charge in [0.15, 0.2) is 0 Å². The molecule has 1 fully saturated rings. The van der Waals surface area contributed by atoms with Gasteiger partial charge in [-0.05, 0) is 43.8 Å². The van der Waals surface area contributed by atoms with Crippen molar-refractivity contribution in [3.63, 3.8) is 0 Å². The quantitative estimate of drug-likeness (QED) is 0.763. The number of amides is 1. The molecule has 3 aromatic rings. The van der Waals surface area contributed by atoms with Crippen LogP contribution in [0.3, 0.4) is 0 Å². The molecule has 0 bridgehead atoms. The minimum Gasteiger partial charge on any atom is -0.331 e. The first-order valence-electron chi connectivity index (χ1n) is 9.02. The highest BCUT2D eigenvalue weighted by atomic mass is 16.2. The van der Waals surface area contributed by atoms with Crippen LogP contribution in [-0.2, 0) is 11.8 Å². The first-order valence-corrected chi connectivity index (χ1v) is 9.02. The fraction of sp³-hybridized carbons (Fsp3) is 0.350. The van der Waals surface area contributed by atoms with Gasteiger partial charge in [-0.3, -0.25) is 4.79 Å². The maximum absolute atomic E-state index is 12.4. The van der Waals surface area contributed by atoms with Crippen LogP contribution in [0, 0.1) is 12.8 Å². The van der Waals surface area contributed by atoms with Crippen molar-refractivity contribution in [3.8, 4) is 11.3 Å². The van der Waals surface area contributed by atoms with Crippen molar-refractivity contribution < 1.29 is 4.79 Å². The lowest BCUT2D eigenvalue weighted by molar-refractivity contribution is -0.120. The summed E-state index contributed by atoms with van der Waals surface area (Å²) in [5.74, 6) is 1.64. The summed E-state index contributed by atoms with van der Waals surface area (Å²) in [6.07, 6.45) is 5.66. The highest BCUT2D eigenvalue weighted by Crippen LogP contribution is 2.26. The molecular weight excluding hydrogens is 326 g/mol. The highest BCUT2D eigenvalue weighted by molar-refractivity contribution is 5.95. The summed E-state index contributed by atoms with van der Waals surface area (Å²) < 4.78 is 2.07. The fourth-order valence-corrected chi connectivity index (χ4v) is 3.44. The lowest BCUT2D eigenvalue weighted by Crippen LogP contribution is -2.37. The minimum atomic E-state index is 0.0185. The van der Waals surface area contributed by atoms with Crippen molar-refractivity contribution in [2.24, 2.45) is 13.0 Å². The number of carbonyl (C=O) groups excluding carboxylic acids is 1. The van der Waals surface area contributed by atoms with E-state index in [1.165, 1.54) is 0 Å². The number of imidazole rings is 1. The predicted molar refractivity (Wildman–Crippen MR) is 103 cm³/mol. The Morgan fingerprint density at radius 3 is 2.85 bits per heavy atom. The van der Waals surface area contributed by atoms with Crippen LogP contribution in [0.15, 0.2) is 36.7 Å². The monoisotopic (exact) mass is 349 g/mol. The maximum Gasteiger partial charge on any atom is 0.229 e. The summed E-state index contributed by atoms with van der Waals surface area (Å²) in [7, 11) is 2.01. The van der Waals surface area contributed by atoms with E-state index < -0.39 is 0 Å². The first kappa shape index (κ1) is 16.7. The average molecular weight is 349 g/mol. The Hall–Kier alpha value is -2.73. The third kappa shape index (κ3) is 3.20. The Kier molecular flexibility index (Phi) is 4.42. The summed E-state index contributed by atoms with van der Waals surface area (Å²) in [6.45, 7) is 3.72. The van der Waals surface area contributed by atoms with Crippen molar-refractivity contribution >= 4 is 22.5 Å². The number of rotatable bonds is 3. The molecule has 1 aromatic carbocycles. The Morgan fingerprint density at radius 2 is 2.12 bits per heavy atom. The van der Waals surface area contributed by atoms with Gasteiger partial charge in [-0.15, -0.1) is 0 Å². The summed E-state index contributed by atoms with van der Waals surface area (Å²) >= 11 is 0. The summed E-state index contributed by atoms with van der Waals surface area (Å²) in [6, 6.07) is 8.19. The van der Waals surface area contributed by atoms with E-state index in [2.05, 4.69) is 43.4 Å². The third-order valence-electron chi connectivity index (χ3n) is 5.16. The van der Waals surface area contributed by atoms with Crippen molar-refractivity contribution in [1.82, 2.24) is 19.9 Å². The number of benzene rings is 1. The van der Waals surface area contributed by atoms with Gasteiger partial charge < -0.3 is 15.2 Å². The van der Waals surface area contributed by atoms with E-state index in [1.54, 1.807) is 0 Å². The molecular formula is C20H23N5O. The zero-order valence-electron chi connectivity index (χ0n) is 15.1. The van der Waals surface area contributed by atoms with Crippen LogP contribution < -0.4 is 10.6 Å². The SMILES string of the molecule is Cc1ncc(-c2ccc3cnc(NC(=O)[C@H]4CCCNC4)cc3c2)n1C. The normalized spacial score (nSPS) is 17.4. The number of piperidine rings is 1. The molecule has 1 atom stereocenters. The number of fused-ring (bicyclic) bond motifs is 1. The van der Waals surface area contributed by atoms with Crippen LogP contribution in [0.25, 0.3) is 22.0 Å². The molecule has 1 aliphatic heterocycles. The van der Waals surface area contributed by atoms with E-state index in [0.717, 1.165) is 53.8 Å². The number of nitrogens with zero attached hydrogens (tertiary/aromatic N) is 3. The largest absolute Gasteiger partial charge is 0.331 e. The summed E-state index contributed by atoms with van der Waals surface area (Å²) in [4.78, 5) is 21.2. The van der Waals surface area contributed by atoms with Crippen LogP contribution in [0.1, 0.15) is 18.7 Å². The number of aromatic nitrogens is 3. The van der Waals surface area contributed by atoms with E-state index in [0.29, 0.717) is 5.82 Å². The van der Waals surface area contributed by atoms with Gasteiger partial charge in [0.05, 0.1) is 17.8 Å². The highest BCUT2D eigenvalue weighted by Gasteiger charge is 2.21. The van der Waals surface area contributed by atoms with E-state index in [-0.39, 0.29) is 11.8 Å². The molecule has 0 spiro atoms. The van der Waals surface area contributed by atoms with Crippen LogP contribution in [0.5, 0.6) is 0 Å². The Bertz CT molecular complexity index is 956. The Morgan fingerprint density at radius 1 is 1.23 bits per heavy atom. The summed E-state index contributed by atoms with van der Waals surface area (Å²) in [5, 5.41) is 8.34. The molecule has 6 heteroatoms. The maximum atomic E-state index is 12.4. The van der Waals surface area contributed by atoms with Gasteiger partial charge in [-0.1, -0.05) is 12.1 Å². The van der Waals surface area contributed by atoms with E-state index >= 15 is 0 Å². The molecule has 26 heavy (non-hydrogen) atoms. The lowest BCUT2D eigenvalue weighted by atomic mass is 9.99. The molecule has 1 amide bonds. The summed E-state index contributed by atoms with van der Waals surface area (Å²) in [5.41, 5.74) is 2.17. The Labute approximate surface area is 152 Å². The number of anilines is 1. The van der Waals surface area contributed by atoms with Crippen LogP contribution in [-0.4, -0.2) is 33.5 Å². The standard InChI is InChI=1S/C20H23N5O/c1-13-22-12-18(25(13)2)14-5-6-15-11-23-19(9-17(15)8-14)24-20(26)16-4-3-7-21-10-16/h5-6,8-9,11-12,16,21H,3-4,7,10H2,1-2H3,(H,23,24,26)/t16-/m0/s1. The van der Waals surface area contributed by atoms with Crippen LogP contribution >= 0.6 is 0 Å². The van der Waals surface area contributed by atoms with Crippen molar-refractivity contribution in [2.45, 2.75) is 19.8 Å². The number of aryl methyl sites for hydroxylation is 1. The molecule has 134 valence electrons. The van der Waals surface area contributed by atoms with Crippen LogP contribution in [0.4, 0.5) is 5.82 Å². The second kappa shape index (κ2) is 6.88. The van der Waals surface area contributed by atoms with E-state index in [1.807, 2.05) is 32.4 Å². The number of hydrogen-bond acceptors (Lipinski definition) is 4. The van der Waals surface area contributed by atoms with Gasteiger partial charge in [-0.2, -0.15) is 0 Å². The van der Waals surface area contributed by atoms with E-state index in [4.69, 9.17) is 0 Å². The first-order chi connectivity index (χ1) is 12.6. The van der Waals surface area contributed by atoms with Gasteiger partial charge in [0.25, 0.3) is 0 Å². The molecule has 1 saturated heterocycles. The molecule has 2 aromatic heterocycles. The molecule has 0 saturated carbocycles. The minimum absolute atomic E-state index is 0.0185. The molecule has 6 nitrogen and oxygen atoms in total. The van der Waals surface area contributed by atoms with Crippen LogP contribution in [0.2, 0.25) is 0 Å². The molecule has 1 aliphatic rings. The second-order valence-electron chi connectivity index (χ2n) is 6.91. The predicted octanol–water partition coefficient (Wildman–Crippen LogP) is 2.88. The number of hydrogen-bond donors (Lipinski definition) is 2. The van der Waals surface area contributed by atoms with Gasteiger partial charge in [0.1, 0.15) is 11.6 Å². The van der Waals surface area contributed by atoms with Crippen molar-refractivity contribution in [3.05, 3.63) is 42.5 Å². The third-order valence-corrected chi connectivity index (χ3v) is 5.16. The van der Waals surface area contributed by atoms with Gasteiger partial charge in [-0.25, -0.2) is 9.97 Å². The second-order valence-corrected chi connectivity index (χ2v) is 6.91. The Balaban J connectivity index is 1.61. The molecule has 0 aliphatic carbocycles. The lowest BCUT2D eigenvalue weighted by Gasteiger charge is -2.21. The van der Waals surface area contributed by atoms with Crippen molar-refractivity contribution in [2.75, 3.05) is 18.4 Å². The van der Waals surface area contributed by atoms with E-state index in [9.17, 15) is 4.79 Å². The zero-order chi connectivity index (χ0) is 18.1. The number of pyridine rings is 1. The van der Waals surface area contributed by atoms with Gasteiger partial charge >= 0.3 is 0 Å². The number of nitrogens with one attached hydrogen (secondary N) is 2. The molecule has 0 unspecified atom stereocenters. The van der Waals surface area contributed by atoms with Gasteiger partial charge in [0, 0.05) is 30.7 Å². The molecule has 2 N–H and O–H groups in total. The van der Waals surface area contributed by atoms with Crippen molar-refractivity contribution in [1.29, 1.82) is 0 Å².